The van der Waals surface area contributed by atoms with Gasteiger partial charge in [-0.1, -0.05) is 133 Å². The van der Waals surface area contributed by atoms with Gasteiger partial charge in [0.2, 0.25) is 0 Å². The molecule has 0 spiro atoms. The Balaban J connectivity index is 1.27. The summed E-state index contributed by atoms with van der Waals surface area (Å²) in [6, 6.07) is 46.6. The van der Waals surface area contributed by atoms with Gasteiger partial charge in [-0.3, -0.25) is 0 Å². The third-order valence-corrected chi connectivity index (χ3v) is 8.98. The summed E-state index contributed by atoms with van der Waals surface area (Å²) in [5.74, 6) is 0.351. The van der Waals surface area contributed by atoms with Gasteiger partial charge in [-0.2, -0.15) is 0 Å². The fourth-order valence-electron chi connectivity index (χ4n) is 6.91. The molecule has 1 atom stereocenters. The van der Waals surface area contributed by atoms with Crippen molar-refractivity contribution in [2.24, 2.45) is 0 Å². The molecule has 0 saturated carbocycles. The van der Waals surface area contributed by atoms with Crippen LogP contribution in [0.4, 0.5) is 0 Å². The lowest BCUT2D eigenvalue weighted by atomic mass is 9.86. The average molecular weight is 537 g/mol. The van der Waals surface area contributed by atoms with E-state index in [2.05, 4.69) is 152 Å². The Kier molecular flexibility index (Phi) is 6.19. The normalized spacial score (nSPS) is 15.4. The highest BCUT2D eigenvalue weighted by Crippen LogP contribution is 2.34. The first-order chi connectivity index (χ1) is 20.8. The number of hydrogen-bond donors (Lipinski definition) is 0. The average Bonchev–Trinajstić information content (AvgIpc) is 3.09. The highest BCUT2D eigenvalue weighted by atomic mass is 14.2. The van der Waals surface area contributed by atoms with Gasteiger partial charge >= 0.3 is 0 Å². The number of fused-ring (bicyclic) bond motifs is 6. The zero-order valence-electron chi connectivity index (χ0n) is 23.6. The van der Waals surface area contributed by atoms with Crippen LogP contribution in [0, 0.1) is 0 Å². The lowest BCUT2D eigenvalue weighted by Gasteiger charge is -2.18. The molecule has 6 aromatic rings. The molecule has 2 aliphatic rings. The van der Waals surface area contributed by atoms with Crippen LogP contribution >= 0.6 is 0 Å². The molecule has 1 unspecified atom stereocenters. The van der Waals surface area contributed by atoms with Crippen LogP contribution < -0.4 is 20.9 Å². The van der Waals surface area contributed by atoms with E-state index in [9.17, 15) is 0 Å². The van der Waals surface area contributed by atoms with Crippen molar-refractivity contribution in [3.05, 3.63) is 154 Å². The van der Waals surface area contributed by atoms with Crippen molar-refractivity contribution in [3.63, 3.8) is 0 Å². The maximum atomic E-state index is 2.55. The molecule has 0 saturated heterocycles. The smallest absolute Gasteiger partial charge is 0.00624 e. The molecule has 0 amide bonds. The van der Waals surface area contributed by atoms with E-state index in [0.717, 1.165) is 19.3 Å². The van der Waals surface area contributed by atoms with Crippen molar-refractivity contribution < 1.29 is 0 Å². The number of benzene rings is 6. The van der Waals surface area contributed by atoms with Crippen LogP contribution in [-0.4, -0.2) is 0 Å². The van der Waals surface area contributed by atoms with Gasteiger partial charge in [0, 0.05) is 5.92 Å². The Morgan fingerprint density at radius 2 is 0.905 bits per heavy atom. The minimum absolute atomic E-state index is 0.351. The molecule has 0 nitrogen and oxygen atoms in total. The third-order valence-electron chi connectivity index (χ3n) is 8.98. The largest absolute Gasteiger partial charge is 0.0757 e. The summed E-state index contributed by atoms with van der Waals surface area (Å²) in [7, 11) is 0. The van der Waals surface area contributed by atoms with E-state index < -0.39 is 0 Å². The summed E-state index contributed by atoms with van der Waals surface area (Å²) in [5.41, 5.74) is 8.87. The van der Waals surface area contributed by atoms with Crippen LogP contribution in [0.15, 0.2) is 127 Å². The highest BCUT2D eigenvalue weighted by molar-refractivity contribution is 5.86. The molecule has 8 rings (SSSR count). The molecule has 0 heterocycles. The van der Waals surface area contributed by atoms with E-state index >= 15 is 0 Å². The van der Waals surface area contributed by atoms with E-state index in [1.165, 1.54) is 70.6 Å². The van der Waals surface area contributed by atoms with Crippen molar-refractivity contribution in [3.8, 4) is 33.4 Å². The minimum Gasteiger partial charge on any atom is -0.0757 e. The van der Waals surface area contributed by atoms with Crippen LogP contribution in [-0.2, 0) is 0 Å². The van der Waals surface area contributed by atoms with Crippen LogP contribution in [0.1, 0.15) is 30.7 Å². The predicted octanol–water partition coefficient (Wildman–Crippen LogP) is 7.94. The lowest BCUT2D eigenvalue weighted by molar-refractivity contribution is 0.920. The van der Waals surface area contributed by atoms with Crippen LogP contribution in [0.25, 0.3) is 68.5 Å². The van der Waals surface area contributed by atoms with Crippen molar-refractivity contribution >= 4 is 35.1 Å². The summed E-state index contributed by atoms with van der Waals surface area (Å²) in [6.07, 6.45) is 13.2. The maximum absolute atomic E-state index is 2.55. The molecule has 0 aromatic heterocycles. The van der Waals surface area contributed by atoms with E-state index in [-0.39, 0.29) is 0 Å². The van der Waals surface area contributed by atoms with Gasteiger partial charge in [0.05, 0.1) is 0 Å². The molecule has 0 bridgehead atoms. The van der Waals surface area contributed by atoms with Gasteiger partial charge in [0.15, 0.2) is 0 Å². The van der Waals surface area contributed by atoms with Crippen molar-refractivity contribution in [1.82, 2.24) is 0 Å². The molecular weight excluding hydrogens is 504 g/mol. The second-order valence-corrected chi connectivity index (χ2v) is 11.6. The maximum Gasteiger partial charge on any atom is 0.00624 e. The monoisotopic (exact) mass is 536 g/mol. The Morgan fingerprint density at radius 3 is 1.55 bits per heavy atom. The van der Waals surface area contributed by atoms with Gasteiger partial charge in [0.1, 0.15) is 0 Å². The van der Waals surface area contributed by atoms with E-state index in [1.54, 1.807) is 0 Å². The summed E-state index contributed by atoms with van der Waals surface area (Å²) in [5, 5.41) is 8.44. The van der Waals surface area contributed by atoms with Gasteiger partial charge in [-0.25, -0.2) is 0 Å². The first-order valence-electron chi connectivity index (χ1n) is 15.1. The molecule has 0 heteroatoms. The zero-order chi connectivity index (χ0) is 27.9. The Hall–Kier alpha value is -4.94. The van der Waals surface area contributed by atoms with Gasteiger partial charge in [0.25, 0.3) is 0 Å². The summed E-state index contributed by atoms with van der Waals surface area (Å²) < 4.78 is 0. The number of hydrogen-bond acceptors (Lipinski definition) is 0. The fourth-order valence-corrected chi connectivity index (χ4v) is 6.91. The third kappa shape index (κ3) is 4.41. The Labute approximate surface area is 246 Å². The van der Waals surface area contributed by atoms with E-state index in [0.29, 0.717) is 5.92 Å². The van der Waals surface area contributed by atoms with E-state index in [4.69, 9.17) is 0 Å². The van der Waals surface area contributed by atoms with Gasteiger partial charge in [-0.15, -0.1) is 0 Å². The lowest BCUT2D eigenvalue weighted by Crippen LogP contribution is -2.50. The topological polar surface area (TPSA) is 0 Å². The Bertz CT molecular complexity index is 2150. The molecule has 6 aromatic carbocycles. The van der Waals surface area contributed by atoms with Crippen molar-refractivity contribution in [2.45, 2.75) is 25.2 Å². The molecule has 0 N–H and O–H groups in total. The summed E-state index contributed by atoms with van der Waals surface area (Å²) in [6.45, 7) is 0. The van der Waals surface area contributed by atoms with Crippen molar-refractivity contribution in [2.75, 3.05) is 0 Å². The summed E-state index contributed by atoms with van der Waals surface area (Å²) >= 11 is 0. The molecule has 200 valence electrons. The number of rotatable bonds is 4. The molecule has 2 aliphatic carbocycles. The quantitative estimate of drug-likeness (QED) is 0.215. The van der Waals surface area contributed by atoms with E-state index in [1.807, 2.05) is 0 Å². The van der Waals surface area contributed by atoms with Gasteiger partial charge in [-0.05, 0) is 108 Å². The Morgan fingerprint density at radius 1 is 0.381 bits per heavy atom. The second-order valence-electron chi connectivity index (χ2n) is 11.6. The second kappa shape index (κ2) is 10.5. The highest BCUT2D eigenvalue weighted by Gasteiger charge is 2.15. The molecular formula is C42H32. The van der Waals surface area contributed by atoms with Gasteiger partial charge < -0.3 is 0 Å². The first-order valence-corrected chi connectivity index (χ1v) is 15.1. The predicted molar refractivity (Wildman–Crippen MR) is 180 cm³/mol. The molecule has 0 aliphatic heterocycles. The van der Waals surface area contributed by atoms with Crippen molar-refractivity contribution in [1.29, 1.82) is 0 Å². The van der Waals surface area contributed by atoms with Crippen LogP contribution in [0.5, 0.6) is 0 Å². The van der Waals surface area contributed by atoms with Crippen LogP contribution in [0.3, 0.4) is 0 Å². The molecule has 0 radical (unpaired) electrons. The fraction of sp³-hybridized carbons (Fsp3) is 0.0952. The molecule has 42 heavy (non-hydrogen) atoms. The standard InChI is InChI=1S/C42H32/c1-3-12-29(13-4-1)34-25-35(30-14-5-2-6-15-30)27-36(26-34)32-17-11-16-31(24-32)33-22-23-41-39-20-8-7-18-37(39)38-19-9-10-21-40(38)42(41)28-33/h1-8,11-21,23-28,33H,9-10,22H2. The summed E-state index contributed by atoms with van der Waals surface area (Å²) in [4.78, 5) is 0. The van der Waals surface area contributed by atoms with Crippen LogP contribution in [0.2, 0.25) is 0 Å². The molecule has 0 fully saturated rings. The minimum atomic E-state index is 0.351. The zero-order valence-corrected chi connectivity index (χ0v) is 23.6. The first kappa shape index (κ1) is 24.8. The SMILES string of the molecule is C1=c2c3c(c4ccccc4c2=CCC1)=CCC(c1cccc(-c2cc(-c4ccccc4)cc(-c4ccccc4)c2)c1)C=3.